The molecular formula is C18H33N5O. The molecule has 3 rings (SSSR count). The molecule has 2 unspecified atom stereocenters. The van der Waals surface area contributed by atoms with E-state index in [1.165, 1.54) is 6.42 Å². The fraction of sp³-hybridized carbons (Fsp3) is 0.889. The molecule has 2 heterocycles. The summed E-state index contributed by atoms with van der Waals surface area (Å²) in [4.78, 5) is 23.7. The van der Waals surface area contributed by atoms with Crippen molar-refractivity contribution in [1.29, 1.82) is 0 Å². The highest BCUT2D eigenvalue weighted by molar-refractivity contribution is 5.82. The van der Waals surface area contributed by atoms with Gasteiger partial charge in [-0.05, 0) is 31.6 Å². The summed E-state index contributed by atoms with van der Waals surface area (Å²) in [5, 5.41) is 3.59. The molecular weight excluding hydrogens is 302 g/mol. The fourth-order valence-corrected chi connectivity index (χ4v) is 3.85. The Hall–Kier alpha value is -1.30. The van der Waals surface area contributed by atoms with Crippen LogP contribution in [0.5, 0.6) is 0 Å². The van der Waals surface area contributed by atoms with Gasteiger partial charge in [0.05, 0.1) is 6.04 Å². The van der Waals surface area contributed by atoms with Gasteiger partial charge >= 0.3 is 0 Å². The molecule has 1 amide bonds. The van der Waals surface area contributed by atoms with Crippen molar-refractivity contribution in [3.05, 3.63) is 0 Å². The molecule has 2 aliphatic heterocycles. The second-order valence-electron chi connectivity index (χ2n) is 8.17. The fourth-order valence-electron chi connectivity index (χ4n) is 3.85. The highest BCUT2D eigenvalue weighted by Crippen LogP contribution is 2.44. The molecule has 0 bridgehead atoms. The molecule has 0 aromatic rings. The van der Waals surface area contributed by atoms with Crippen molar-refractivity contribution in [2.24, 2.45) is 10.4 Å². The minimum absolute atomic E-state index is 0.00240. The normalized spacial score (nSPS) is 28.8. The predicted octanol–water partition coefficient (Wildman–Crippen LogP) is 0.989. The summed E-state index contributed by atoms with van der Waals surface area (Å²) in [5.74, 6) is 1.33. The van der Waals surface area contributed by atoms with Gasteiger partial charge in [-0.15, -0.1) is 0 Å². The molecule has 2 saturated heterocycles. The SMILES string of the molecule is CN=C(NC1CC1(C)C)N1CCN(C(C)C(=O)N2CCCC2)CC1. The number of guanidine groups is 1. The molecule has 0 radical (unpaired) electrons. The molecule has 0 spiro atoms. The highest BCUT2D eigenvalue weighted by Gasteiger charge is 2.46. The summed E-state index contributed by atoms with van der Waals surface area (Å²) < 4.78 is 0. The summed E-state index contributed by atoms with van der Waals surface area (Å²) in [6, 6.07) is 0.549. The van der Waals surface area contributed by atoms with E-state index in [9.17, 15) is 4.79 Å². The summed E-state index contributed by atoms with van der Waals surface area (Å²) in [6.07, 6.45) is 3.53. The Morgan fingerprint density at radius 3 is 2.17 bits per heavy atom. The quantitative estimate of drug-likeness (QED) is 0.617. The zero-order valence-corrected chi connectivity index (χ0v) is 15.7. The van der Waals surface area contributed by atoms with Gasteiger partial charge in [0.25, 0.3) is 0 Å². The van der Waals surface area contributed by atoms with E-state index in [4.69, 9.17) is 0 Å². The van der Waals surface area contributed by atoms with Crippen LogP contribution in [-0.2, 0) is 4.79 Å². The largest absolute Gasteiger partial charge is 0.353 e. The molecule has 1 N–H and O–H groups in total. The molecule has 24 heavy (non-hydrogen) atoms. The average Bonchev–Trinajstić information content (AvgIpc) is 2.97. The highest BCUT2D eigenvalue weighted by atomic mass is 16.2. The maximum atomic E-state index is 12.6. The number of hydrogen-bond acceptors (Lipinski definition) is 3. The Labute approximate surface area is 146 Å². The molecule has 2 atom stereocenters. The van der Waals surface area contributed by atoms with E-state index < -0.39 is 0 Å². The number of nitrogens with one attached hydrogen (secondary N) is 1. The van der Waals surface area contributed by atoms with Crippen LogP contribution in [0.1, 0.15) is 40.0 Å². The zero-order chi connectivity index (χ0) is 17.3. The minimum Gasteiger partial charge on any atom is -0.353 e. The van der Waals surface area contributed by atoms with Gasteiger partial charge in [0, 0.05) is 52.4 Å². The van der Waals surface area contributed by atoms with Crippen LogP contribution in [0.3, 0.4) is 0 Å². The zero-order valence-electron chi connectivity index (χ0n) is 15.7. The van der Waals surface area contributed by atoms with Gasteiger partial charge in [-0.3, -0.25) is 14.7 Å². The van der Waals surface area contributed by atoms with Crippen LogP contribution >= 0.6 is 0 Å². The number of nitrogens with zero attached hydrogens (tertiary/aromatic N) is 4. The second kappa shape index (κ2) is 6.90. The Balaban J connectivity index is 1.48. The molecule has 0 aromatic heterocycles. The van der Waals surface area contributed by atoms with Crippen molar-refractivity contribution < 1.29 is 4.79 Å². The van der Waals surface area contributed by atoms with Crippen molar-refractivity contribution in [2.45, 2.75) is 52.1 Å². The summed E-state index contributed by atoms with van der Waals surface area (Å²) in [6.45, 7) is 12.3. The molecule has 3 fully saturated rings. The van der Waals surface area contributed by atoms with Crippen molar-refractivity contribution in [2.75, 3.05) is 46.3 Å². The van der Waals surface area contributed by atoms with Crippen LogP contribution in [-0.4, -0.2) is 85.0 Å². The van der Waals surface area contributed by atoms with Gasteiger partial charge in [0.1, 0.15) is 0 Å². The molecule has 0 aromatic carbocycles. The van der Waals surface area contributed by atoms with E-state index in [0.29, 0.717) is 17.4 Å². The number of carbonyl (C=O) groups excluding carboxylic acids is 1. The van der Waals surface area contributed by atoms with Gasteiger partial charge in [-0.1, -0.05) is 13.8 Å². The van der Waals surface area contributed by atoms with E-state index in [2.05, 4.69) is 40.9 Å². The maximum absolute atomic E-state index is 12.6. The first-order valence-electron chi connectivity index (χ1n) is 9.43. The van der Waals surface area contributed by atoms with Crippen LogP contribution in [0.2, 0.25) is 0 Å². The van der Waals surface area contributed by atoms with Crippen molar-refractivity contribution in [3.8, 4) is 0 Å². The second-order valence-corrected chi connectivity index (χ2v) is 8.17. The first kappa shape index (κ1) is 17.5. The summed E-state index contributed by atoms with van der Waals surface area (Å²) >= 11 is 0. The lowest BCUT2D eigenvalue weighted by molar-refractivity contribution is -0.135. The average molecular weight is 335 g/mol. The number of likely N-dealkylation sites (tertiary alicyclic amines) is 1. The Bertz CT molecular complexity index is 490. The molecule has 1 saturated carbocycles. The van der Waals surface area contributed by atoms with E-state index >= 15 is 0 Å². The smallest absolute Gasteiger partial charge is 0.239 e. The van der Waals surface area contributed by atoms with Gasteiger partial charge < -0.3 is 15.1 Å². The third-order valence-electron chi connectivity index (χ3n) is 5.97. The van der Waals surface area contributed by atoms with Crippen LogP contribution in [0.25, 0.3) is 0 Å². The molecule has 6 heteroatoms. The number of carbonyl (C=O) groups is 1. The minimum atomic E-state index is 0.00240. The first-order valence-corrected chi connectivity index (χ1v) is 9.43. The topological polar surface area (TPSA) is 51.2 Å². The van der Waals surface area contributed by atoms with Crippen LogP contribution in [0.4, 0.5) is 0 Å². The lowest BCUT2D eigenvalue weighted by Crippen LogP contribution is -2.57. The number of aliphatic imine (C=N–C) groups is 1. The summed E-state index contributed by atoms with van der Waals surface area (Å²) in [7, 11) is 1.86. The Morgan fingerprint density at radius 2 is 1.67 bits per heavy atom. The first-order chi connectivity index (χ1) is 11.4. The van der Waals surface area contributed by atoms with E-state index in [0.717, 1.165) is 58.1 Å². The third-order valence-corrected chi connectivity index (χ3v) is 5.97. The van der Waals surface area contributed by atoms with Crippen LogP contribution in [0.15, 0.2) is 4.99 Å². The number of hydrogen-bond donors (Lipinski definition) is 1. The number of rotatable bonds is 3. The number of piperazine rings is 1. The standard InChI is InChI=1S/C18H33N5O/c1-14(16(24)22-7-5-6-8-22)21-9-11-23(12-10-21)17(19-4)20-15-13-18(15,2)3/h14-15H,5-13H2,1-4H3,(H,19,20). The van der Waals surface area contributed by atoms with Crippen molar-refractivity contribution in [3.63, 3.8) is 0 Å². The molecule has 3 aliphatic rings. The lowest BCUT2D eigenvalue weighted by Gasteiger charge is -2.39. The maximum Gasteiger partial charge on any atom is 0.239 e. The van der Waals surface area contributed by atoms with E-state index in [1.807, 2.05) is 11.9 Å². The van der Waals surface area contributed by atoms with Gasteiger partial charge in [0.2, 0.25) is 5.91 Å². The third kappa shape index (κ3) is 3.68. The van der Waals surface area contributed by atoms with Crippen LogP contribution in [0, 0.1) is 5.41 Å². The predicted molar refractivity (Wildman–Crippen MR) is 97.1 cm³/mol. The molecule has 1 aliphatic carbocycles. The van der Waals surface area contributed by atoms with E-state index in [1.54, 1.807) is 0 Å². The Morgan fingerprint density at radius 1 is 1.08 bits per heavy atom. The van der Waals surface area contributed by atoms with Crippen molar-refractivity contribution in [1.82, 2.24) is 20.0 Å². The monoisotopic (exact) mass is 335 g/mol. The molecule has 6 nitrogen and oxygen atoms in total. The van der Waals surface area contributed by atoms with E-state index in [-0.39, 0.29) is 6.04 Å². The molecule has 136 valence electrons. The van der Waals surface area contributed by atoms with Gasteiger partial charge in [0.15, 0.2) is 5.96 Å². The summed E-state index contributed by atoms with van der Waals surface area (Å²) in [5.41, 5.74) is 0.397. The number of amides is 1. The van der Waals surface area contributed by atoms with Crippen LogP contribution < -0.4 is 5.32 Å². The lowest BCUT2D eigenvalue weighted by atomic mass is 10.2. The van der Waals surface area contributed by atoms with Gasteiger partial charge in [-0.25, -0.2) is 0 Å². The van der Waals surface area contributed by atoms with Gasteiger partial charge in [-0.2, -0.15) is 0 Å². The Kier molecular flexibility index (Phi) is 5.04. The van der Waals surface area contributed by atoms with Crippen molar-refractivity contribution >= 4 is 11.9 Å².